The highest BCUT2D eigenvalue weighted by atomic mass is 32.1. The van der Waals surface area contributed by atoms with Gasteiger partial charge in [0.15, 0.2) is 0 Å². The topological polar surface area (TPSA) is 73.0 Å². The van der Waals surface area contributed by atoms with Gasteiger partial charge in [0.2, 0.25) is 0 Å². The third-order valence-electron chi connectivity index (χ3n) is 2.02. The molecule has 0 aromatic carbocycles. The van der Waals surface area contributed by atoms with Gasteiger partial charge in [-0.15, -0.1) is 0 Å². The molecule has 2 aromatic heterocycles. The smallest absolute Gasteiger partial charge is 0.324 e. The number of hydrogen-bond acceptors (Lipinski definition) is 5. The molecule has 0 amide bonds. The van der Waals surface area contributed by atoms with Crippen LogP contribution in [0.4, 0.5) is 10.7 Å². The molecule has 0 atom stereocenters. The molecule has 2 heterocycles. The number of hydrogen-bond donors (Lipinski definition) is 1. The lowest BCUT2D eigenvalue weighted by Crippen LogP contribution is -1.96. The lowest BCUT2D eigenvalue weighted by Gasteiger charge is -1.99. The van der Waals surface area contributed by atoms with Gasteiger partial charge in [0, 0.05) is 31.2 Å². The van der Waals surface area contributed by atoms with Gasteiger partial charge in [-0.3, -0.25) is 14.8 Å². The van der Waals surface area contributed by atoms with E-state index in [-0.39, 0.29) is 9.92 Å². The lowest BCUT2D eigenvalue weighted by molar-refractivity contribution is -0.380. The molecule has 0 saturated heterocycles. The van der Waals surface area contributed by atoms with Crippen molar-refractivity contribution >= 4 is 22.0 Å². The van der Waals surface area contributed by atoms with E-state index in [0.29, 0.717) is 6.54 Å². The average molecular weight is 238 g/mol. The van der Waals surface area contributed by atoms with Crippen molar-refractivity contribution in [2.24, 2.45) is 7.05 Å². The average Bonchev–Trinajstić information content (AvgIpc) is 2.83. The number of rotatable bonds is 4. The van der Waals surface area contributed by atoms with E-state index in [0.717, 1.165) is 22.6 Å². The van der Waals surface area contributed by atoms with E-state index in [1.807, 2.05) is 13.2 Å². The van der Waals surface area contributed by atoms with E-state index < -0.39 is 0 Å². The van der Waals surface area contributed by atoms with Crippen molar-refractivity contribution in [1.29, 1.82) is 0 Å². The van der Waals surface area contributed by atoms with Crippen molar-refractivity contribution in [1.82, 2.24) is 9.78 Å². The standard InChI is InChI=1S/C9H10N4O2S/c1-12-5-8(4-11-12)10-3-7-2-9(13(14)15)16-6-7/h2,4-6,10H,3H2,1H3. The van der Waals surface area contributed by atoms with Crippen molar-refractivity contribution in [3.05, 3.63) is 39.5 Å². The van der Waals surface area contributed by atoms with E-state index in [4.69, 9.17) is 0 Å². The third kappa shape index (κ3) is 2.37. The first-order chi connectivity index (χ1) is 7.65. The van der Waals surface area contributed by atoms with Crippen LogP contribution in [0.2, 0.25) is 0 Å². The maximum absolute atomic E-state index is 10.5. The molecule has 0 bridgehead atoms. The molecule has 0 aliphatic carbocycles. The van der Waals surface area contributed by atoms with E-state index in [1.54, 1.807) is 22.3 Å². The van der Waals surface area contributed by atoms with Crippen molar-refractivity contribution in [3.63, 3.8) is 0 Å². The number of thiophene rings is 1. The summed E-state index contributed by atoms with van der Waals surface area (Å²) in [5.41, 5.74) is 1.80. The molecule has 0 unspecified atom stereocenters. The quantitative estimate of drug-likeness (QED) is 0.653. The fourth-order valence-corrected chi connectivity index (χ4v) is 2.00. The monoisotopic (exact) mass is 238 g/mol. The first-order valence-corrected chi connectivity index (χ1v) is 5.47. The maximum atomic E-state index is 10.5. The summed E-state index contributed by atoms with van der Waals surface area (Å²) in [5, 5.41) is 19.6. The predicted molar refractivity (Wildman–Crippen MR) is 61.5 cm³/mol. The summed E-state index contributed by atoms with van der Waals surface area (Å²) in [6, 6.07) is 1.58. The van der Waals surface area contributed by atoms with E-state index in [2.05, 4.69) is 10.4 Å². The zero-order chi connectivity index (χ0) is 11.5. The molecule has 0 fully saturated rings. The van der Waals surface area contributed by atoms with Crippen LogP contribution in [0.5, 0.6) is 0 Å². The van der Waals surface area contributed by atoms with Crippen LogP contribution in [-0.4, -0.2) is 14.7 Å². The number of aromatic nitrogens is 2. The van der Waals surface area contributed by atoms with Crippen molar-refractivity contribution in [2.45, 2.75) is 6.54 Å². The zero-order valence-corrected chi connectivity index (χ0v) is 9.40. The number of nitrogens with one attached hydrogen (secondary N) is 1. The molecular formula is C9H10N4O2S. The van der Waals surface area contributed by atoms with Gasteiger partial charge < -0.3 is 5.32 Å². The number of nitrogens with zero attached hydrogens (tertiary/aromatic N) is 3. The Bertz CT molecular complexity index is 505. The lowest BCUT2D eigenvalue weighted by atomic mass is 10.3. The van der Waals surface area contributed by atoms with E-state index in [9.17, 15) is 10.1 Å². The van der Waals surface area contributed by atoms with Gasteiger partial charge >= 0.3 is 5.00 Å². The van der Waals surface area contributed by atoms with Crippen LogP contribution in [0.1, 0.15) is 5.56 Å². The fourth-order valence-electron chi connectivity index (χ4n) is 1.27. The SMILES string of the molecule is Cn1cc(NCc2csc([N+](=O)[O-])c2)cn1. The molecule has 0 radical (unpaired) electrons. The molecule has 6 nitrogen and oxygen atoms in total. The van der Waals surface area contributed by atoms with Crippen LogP contribution in [0.15, 0.2) is 23.8 Å². The maximum Gasteiger partial charge on any atom is 0.324 e. The Labute approximate surface area is 95.7 Å². The van der Waals surface area contributed by atoms with Crippen LogP contribution < -0.4 is 5.32 Å². The number of nitro groups is 1. The van der Waals surface area contributed by atoms with E-state index >= 15 is 0 Å². The summed E-state index contributed by atoms with van der Waals surface area (Å²) in [6.07, 6.45) is 3.56. The Morgan fingerprint density at radius 3 is 3.06 bits per heavy atom. The third-order valence-corrected chi connectivity index (χ3v) is 2.95. The summed E-state index contributed by atoms with van der Waals surface area (Å²) < 4.78 is 1.69. The fraction of sp³-hybridized carbons (Fsp3) is 0.222. The van der Waals surface area contributed by atoms with Gasteiger partial charge in [-0.05, 0) is 5.56 Å². The molecule has 16 heavy (non-hydrogen) atoms. The molecule has 0 aliphatic heterocycles. The van der Waals surface area contributed by atoms with Crippen molar-refractivity contribution < 1.29 is 4.92 Å². The molecule has 2 rings (SSSR count). The Morgan fingerprint density at radius 2 is 2.50 bits per heavy atom. The first kappa shape index (κ1) is 10.6. The van der Waals surface area contributed by atoms with Gasteiger partial charge in [0.05, 0.1) is 16.8 Å². The number of aryl methyl sites for hydroxylation is 1. The van der Waals surface area contributed by atoms with Crippen LogP contribution in [0.25, 0.3) is 0 Å². The highest BCUT2D eigenvalue weighted by Gasteiger charge is 2.09. The van der Waals surface area contributed by atoms with Crippen LogP contribution in [0, 0.1) is 10.1 Å². The molecule has 84 valence electrons. The second-order valence-corrected chi connectivity index (χ2v) is 4.20. The highest BCUT2D eigenvalue weighted by Crippen LogP contribution is 2.23. The molecule has 0 saturated carbocycles. The number of anilines is 1. The molecule has 7 heteroatoms. The predicted octanol–water partition coefficient (Wildman–Crippen LogP) is 2.00. The zero-order valence-electron chi connectivity index (χ0n) is 8.58. The van der Waals surface area contributed by atoms with Crippen LogP contribution in [0.3, 0.4) is 0 Å². The van der Waals surface area contributed by atoms with Crippen LogP contribution >= 0.6 is 11.3 Å². The Balaban J connectivity index is 1.97. The van der Waals surface area contributed by atoms with Crippen LogP contribution in [-0.2, 0) is 13.6 Å². The molecule has 1 N–H and O–H groups in total. The van der Waals surface area contributed by atoms with Gasteiger partial charge in [-0.2, -0.15) is 5.10 Å². The minimum atomic E-state index is -0.377. The Kier molecular flexibility index (Phi) is 2.86. The molecule has 0 spiro atoms. The van der Waals surface area contributed by atoms with Gasteiger partial charge in [-0.25, -0.2) is 0 Å². The normalized spacial score (nSPS) is 10.3. The molecule has 0 aliphatic rings. The summed E-state index contributed by atoms with van der Waals surface area (Å²) in [6.45, 7) is 0.566. The van der Waals surface area contributed by atoms with E-state index in [1.165, 1.54) is 0 Å². The first-order valence-electron chi connectivity index (χ1n) is 4.59. The summed E-state index contributed by atoms with van der Waals surface area (Å²) in [4.78, 5) is 10.1. The van der Waals surface area contributed by atoms with Crippen molar-refractivity contribution in [3.8, 4) is 0 Å². The summed E-state index contributed by atoms with van der Waals surface area (Å²) in [7, 11) is 1.83. The Morgan fingerprint density at radius 1 is 1.69 bits per heavy atom. The second kappa shape index (κ2) is 4.31. The molecule has 2 aromatic rings. The Hall–Kier alpha value is -1.89. The molecular weight excluding hydrogens is 228 g/mol. The van der Waals surface area contributed by atoms with Gasteiger partial charge in [0.25, 0.3) is 0 Å². The second-order valence-electron chi connectivity index (χ2n) is 3.31. The van der Waals surface area contributed by atoms with Gasteiger partial charge in [-0.1, -0.05) is 11.3 Å². The summed E-state index contributed by atoms with van der Waals surface area (Å²) >= 11 is 1.14. The van der Waals surface area contributed by atoms with Crippen molar-refractivity contribution in [2.75, 3.05) is 5.32 Å². The van der Waals surface area contributed by atoms with Gasteiger partial charge in [0.1, 0.15) is 0 Å². The minimum Gasteiger partial charge on any atom is -0.378 e. The highest BCUT2D eigenvalue weighted by molar-refractivity contribution is 7.13. The minimum absolute atomic E-state index is 0.169. The summed E-state index contributed by atoms with van der Waals surface area (Å²) in [5.74, 6) is 0. The largest absolute Gasteiger partial charge is 0.378 e.